The maximum Gasteiger partial charge on any atom is 0.250 e. The van der Waals surface area contributed by atoms with Crippen LogP contribution >= 0.6 is 0 Å². The minimum atomic E-state index is -0.446. The Kier molecular flexibility index (Phi) is 3.69. The molecule has 0 saturated carbocycles. The zero-order valence-electron chi connectivity index (χ0n) is 6.71. The molecule has 1 amide bonds. The number of hydrogen-bond acceptors (Lipinski definition) is 4. The zero-order chi connectivity index (χ0) is 8.81. The van der Waals surface area contributed by atoms with Crippen molar-refractivity contribution in [1.82, 2.24) is 10.6 Å². The first-order valence-electron chi connectivity index (χ1n) is 3.88. The van der Waals surface area contributed by atoms with Gasteiger partial charge in [0.1, 0.15) is 12.4 Å². The summed E-state index contributed by atoms with van der Waals surface area (Å²) in [5.41, 5.74) is 0. The number of nitrogens with one attached hydrogen (secondary N) is 2. The van der Waals surface area contributed by atoms with E-state index in [1.807, 2.05) is 0 Å². The molecule has 1 atom stereocenters. The van der Waals surface area contributed by atoms with Crippen LogP contribution in [0.1, 0.15) is 0 Å². The van der Waals surface area contributed by atoms with Gasteiger partial charge in [-0.3, -0.25) is 4.79 Å². The molecule has 68 valence electrons. The molecule has 0 bridgehead atoms. The molecule has 0 spiro atoms. The molecule has 1 aliphatic rings. The molecule has 1 rings (SSSR count). The standard InChI is InChI=1S/C7H12N2O3/c10-3-1-9-7(11)6-5-8-2-4-12-6/h3,6,8H,1-2,4-5H2,(H,9,11). The van der Waals surface area contributed by atoms with Crippen LogP contribution in [-0.2, 0) is 14.3 Å². The van der Waals surface area contributed by atoms with Gasteiger partial charge in [0.25, 0.3) is 5.91 Å². The summed E-state index contributed by atoms with van der Waals surface area (Å²) in [4.78, 5) is 21.0. The summed E-state index contributed by atoms with van der Waals surface area (Å²) in [6, 6.07) is 0. The van der Waals surface area contributed by atoms with Crippen molar-refractivity contribution in [2.24, 2.45) is 0 Å². The van der Waals surface area contributed by atoms with Crippen LogP contribution in [-0.4, -0.2) is 44.5 Å². The highest BCUT2D eigenvalue weighted by Gasteiger charge is 2.20. The Balaban J connectivity index is 2.24. The van der Waals surface area contributed by atoms with Crippen molar-refractivity contribution in [3.8, 4) is 0 Å². The molecule has 5 heteroatoms. The van der Waals surface area contributed by atoms with Gasteiger partial charge in [-0.2, -0.15) is 0 Å². The minimum Gasteiger partial charge on any atom is -0.366 e. The van der Waals surface area contributed by atoms with Crippen LogP contribution in [0.2, 0.25) is 0 Å². The maximum atomic E-state index is 11.1. The number of morpholine rings is 1. The molecule has 12 heavy (non-hydrogen) atoms. The molecule has 0 radical (unpaired) electrons. The van der Waals surface area contributed by atoms with E-state index in [1.54, 1.807) is 0 Å². The molecule has 1 fully saturated rings. The highest BCUT2D eigenvalue weighted by Crippen LogP contribution is 1.94. The number of carbonyl (C=O) groups is 2. The van der Waals surface area contributed by atoms with Crippen molar-refractivity contribution >= 4 is 12.2 Å². The second-order valence-corrected chi connectivity index (χ2v) is 2.48. The van der Waals surface area contributed by atoms with Gasteiger partial charge in [-0.15, -0.1) is 0 Å². The Labute approximate surface area is 70.5 Å². The molecular weight excluding hydrogens is 160 g/mol. The van der Waals surface area contributed by atoms with E-state index in [0.717, 1.165) is 6.54 Å². The molecule has 5 nitrogen and oxygen atoms in total. The summed E-state index contributed by atoms with van der Waals surface area (Å²) in [6.07, 6.45) is 0.201. The highest BCUT2D eigenvalue weighted by atomic mass is 16.5. The van der Waals surface area contributed by atoms with Crippen LogP contribution in [0, 0.1) is 0 Å². The van der Waals surface area contributed by atoms with E-state index in [0.29, 0.717) is 19.4 Å². The molecule has 0 aromatic rings. The number of amides is 1. The van der Waals surface area contributed by atoms with E-state index in [1.165, 1.54) is 0 Å². The maximum absolute atomic E-state index is 11.1. The molecule has 1 aliphatic heterocycles. The van der Waals surface area contributed by atoms with Crippen molar-refractivity contribution in [1.29, 1.82) is 0 Å². The van der Waals surface area contributed by atoms with Crippen LogP contribution in [0.5, 0.6) is 0 Å². The third kappa shape index (κ3) is 2.60. The van der Waals surface area contributed by atoms with Gasteiger partial charge in [-0.1, -0.05) is 0 Å². The lowest BCUT2D eigenvalue weighted by molar-refractivity contribution is -0.134. The van der Waals surface area contributed by atoms with E-state index < -0.39 is 6.10 Å². The van der Waals surface area contributed by atoms with Crippen LogP contribution in [0.25, 0.3) is 0 Å². The van der Waals surface area contributed by atoms with Crippen molar-refractivity contribution in [3.63, 3.8) is 0 Å². The third-order valence-electron chi connectivity index (χ3n) is 1.58. The van der Waals surface area contributed by atoms with Gasteiger partial charge in [0.05, 0.1) is 13.2 Å². The predicted molar refractivity (Wildman–Crippen MR) is 41.7 cm³/mol. The summed E-state index contributed by atoms with van der Waals surface area (Å²) in [5.74, 6) is -0.227. The second-order valence-electron chi connectivity index (χ2n) is 2.48. The second kappa shape index (κ2) is 4.84. The summed E-state index contributed by atoms with van der Waals surface area (Å²) in [7, 11) is 0. The molecule has 2 N–H and O–H groups in total. The molecule has 0 aromatic heterocycles. The van der Waals surface area contributed by atoms with Crippen LogP contribution in [0.15, 0.2) is 0 Å². The third-order valence-corrected chi connectivity index (χ3v) is 1.58. The average Bonchev–Trinajstić information content (AvgIpc) is 2.15. The summed E-state index contributed by atoms with van der Waals surface area (Å²) < 4.78 is 5.15. The predicted octanol–water partition coefficient (Wildman–Crippen LogP) is -1.71. The SMILES string of the molecule is O=CCNC(=O)C1CNCCO1. The van der Waals surface area contributed by atoms with Gasteiger partial charge in [0.2, 0.25) is 0 Å². The van der Waals surface area contributed by atoms with Crippen molar-refractivity contribution in [2.75, 3.05) is 26.2 Å². The van der Waals surface area contributed by atoms with Crippen molar-refractivity contribution in [3.05, 3.63) is 0 Å². The summed E-state index contributed by atoms with van der Waals surface area (Å²) in [6.45, 7) is 1.89. The van der Waals surface area contributed by atoms with Crippen LogP contribution in [0.4, 0.5) is 0 Å². The van der Waals surface area contributed by atoms with Crippen LogP contribution < -0.4 is 10.6 Å². The monoisotopic (exact) mass is 172 g/mol. The first-order chi connectivity index (χ1) is 5.84. The number of ether oxygens (including phenoxy) is 1. The van der Waals surface area contributed by atoms with Gasteiger partial charge >= 0.3 is 0 Å². The Morgan fingerprint density at radius 2 is 2.58 bits per heavy atom. The normalized spacial score (nSPS) is 23.2. The van der Waals surface area contributed by atoms with Gasteiger partial charge in [-0.25, -0.2) is 0 Å². The fraction of sp³-hybridized carbons (Fsp3) is 0.714. The number of carbonyl (C=O) groups excluding carboxylic acids is 2. The van der Waals surface area contributed by atoms with E-state index in [-0.39, 0.29) is 12.5 Å². The Morgan fingerprint density at radius 1 is 1.75 bits per heavy atom. The van der Waals surface area contributed by atoms with Gasteiger partial charge < -0.3 is 20.2 Å². The van der Waals surface area contributed by atoms with E-state index in [4.69, 9.17) is 4.74 Å². The Bertz CT molecular complexity index is 166. The lowest BCUT2D eigenvalue weighted by Crippen LogP contribution is -2.48. The molecular formula is C7H12N2O3. The van der Waals surface area contributed by atoms with E-state index in [2.05, 4.69) is 10.6 Å². The van der Waals surface area contributed by atoms with Crippen molar-refractivity contribution in [2.45, 2.75) is 6.10 Å². The topological polar surface area (TPSA) is 67.4 Å². The minimum absolute atomic E-state index is 0.0543. The molecule has 0 aliphatic carbocycles. The fourth-order valence-electron chi connectivity index (χ4n) is 0.990. The van der Waals surface area contributed by atoms with E-state index >= 15 is 0 Å². The first kappa shape index (κ1) is 9.15. The Morgan fingerprint density at radius 3 is 3.17 bits per heavy atom. The molecule has 1 heterocycles. The Hall–Kier alpha value is -0.940. The van der Waals surface area contributed by atoms with E-state index in [9.17, 15) is 9.59 Å². The lowest BCUT2D eigenvalue weighted by Gasteiger charge is -2.22. The average molecular weight is 172 g/mol. The van der Waals surface area contributed by atoms with Crippen molar-refractivity contribution < 1.29 is 14.3 Å². The zero-order valence-corrected chi connectivity index (χ0v) is 6.71. The largest absolute Gasteiger partial charge is 0.366 e. The molecule has 0 aromatic carbocycles. The summed E-state index contributed by atoms with van der Waals surface area (Å²) in [5, 5.41) is 5.45. The number of hydrogen-bond donors (Lipinski definition) is 2. The first-order valence-corrected chi connectivity index (χ1v) is 3.88. The van der Waals surface area contributed by atoms with Gasteiger partial charge in [0, 0.05) is 13.1 Å². The van der Waals surface area contributed by atoms with Gasteiger partial charge in [-0.05, 0) is 0 Å². The smallest absolute Gasteiger partial charge is 0.250 e. The number of aldehydes is 1. The lowest BCUT2D eigenvalue weighted by atomic mass is 10.3. The highest BCUT2D eigenvalue weighted by molar-refractivity contribution is 5.82. The van der Waals surface area contributed by atoms with Gasteiger partial charge in [0.15, 0.2) is 0 Å². The molecule has 1 unspecified atom stereocenters. The van der Waals surface area contributed by atoms with Crippen LogP contribution in [0.3, 0.4) is 0 Å². The quantitative estimate of drug-likeness (QED) is 0.497. The number of rotatable bonds is 3. The summed E-state index contributed by atoms with van der Waals surface area (Å²) >= 11 is 0. The molecule has 1 saturated heterocycles. The fourth-order valence-corrected chi connectivity index (χ4v) is 0.990.